The summed E-state index contributed by atoms with van der Waals surface area (Å²) >= 11 is 3.35. The minimum Gasteiger partial charge on any atom is -0.444 e. The second-order valence-electron chi connectivity index (χ2n) is 7.83. The third-order valence-electron chi connectivity index (χ3n) is 4.32. The summed E-state index contributed by atoms with van der Waals surface area (Å²) in [5, 5.41) is 2.58. The SMILES string of the molecule is C[C@@H](c1ccc(Br)cc1)C(NC(=O)OC(C)(C)C)C(=O)N1CCC(F)(F)C1. The van der Waals surface area contributed by atoms with E-state index in [4.69, 9.17) is 4.74 Å². The predicted molar refractivity (Wildman–Crippen MR) is 102 cm³/mol. The lowest BCUT2D eigenvalue weighted by atomic mass is 9.92. The number of nitrogens with zero attached hydrogens (tertiary/aromatic N) is 1. The number of hydrogen-bond donors (Lipinski definition) is 1. The zero-order valence-corrected chi connectivity index (χ0v) is 17.5. The average Bonchev–Trinajstić information content (AvgIpc) is 2.90. The van der Waals surface area contributed by atoms with Crippen LogP contribution >= 0.6 is 15.9 Å². The van der Waals surface area contributed by atoms with Crippen LogP contribution in [0.4, 0.5) is 13.6 Å². The second kappa shape index (κ2) is 8.12. The number of halogens is 3. The van der Waals surface area contributed by atoms with Gasteiger partial charge in [-0.3, -0.25) is 4.79 Å². The summed E-state index contributed by atoms with van der Waals surface area (Å²) < 4.78 is 33.2. The van der Waals surface area contributed by atoms with Gasteiger partial charge >= 0.3 is 6.09 Å². The predicted octanol–water partition coefficient (Wildman–Crippen LogP) is 4.31. The summed E-state index contributed by atoms with van der Waals surface area (Å²) in [4.78, 5) is 26.3. The summed E-state index contributed by atoms with van der Waals surface area (Å²) in [6.45, 7) is 6.24. The lowest BCUT2D eigenvalue weighted by Crippen LogP contribution is -2.51. The number of benzene rings is 1. The molecule has 0 spiro atoms. The van der Waals surface area contributed by atoms with E-state index in [9.17, 15) is 18.4 Å². The van der Waals surface area contributed by atoms with Crippen LogP contribution in [-0.2, 0) is 9.53 Å². The molecule has 1 heterocycles. The third kappa shape index (κ3) is 6.16. The maximum Gasteiger partial charge on any atom is 0.408 e. The van der Waals surface area contributed by atoms with Crippen molar-refractivity contribution < 1.29 is 23.1 Å². The van der Waals surface area contributed by atoms with Gasteiger partial charge in [0.15, 0.2) is 0 Å². The number of hydrogen-bond acceptors (Lipinski definition) is 3. The molecular weight excluding hydrogens is 422 g/mol. The zero-order valence-electron chi connectivity index (χ0n) is 15.9. The van der Waals surface area contributed by atoms with Gasteiger partial charge in [-0.1, -0.05) is 35.0 Å². The fraction of sp³-hybridized carbons (Fsp3) is 0.579. The van der Waals surface area contributed by atoms with Crippen molar-refractivity contribution in [2.45, 2.75) is 57.6 Å². The number of rotatable bonds is 4. The van der Waals surface area contributed by atoms with Crippen LogP contribution in [0.3, 0.4) is 0 Å². The molecular formula is C19H25BrF2N2O3. The lowest BCUT2D eigenvalue weighted by molar-refractivity contribution is -0.134. The van der Waals surface area contributed by atoms with Crippen molar-refractivity contribution >= 4 is 27.9 Å². The number of ether oxygens (including phenoxy) is 1. The molecule has 0 aliphatic carbocycles. The molecule has 27 heavy (non-hydrogen) atoms. The first-order valence-corrected chi connectivity index (χ1v) is 9.59. The number of carbonyl (C=O) groups excluding carboxylic acids is 2. The van der Waals surface area contributed by atoms with E-state index in [1.165, 1.54) is 0 Å². The molecule has 2 atom stereocenters. The van der Waals surface area contributed by atoms with Crippen molar-refractivity contribution in [2.75, 3.05) is 13.1 Å². The van der Waals surface area contributed by atoms with Crippen molar-refractivity contribution in [3.63, 3.8) is 0 Å². The largest absolute Gasteiger partial charge is 0.444 e. The summed E-state index contributed by atoms with van der Waals surface area (Å²) in [5.41, 5.74) is 0.0673. The molecule has 1 aliphatic rings. The number of amides is 2. The van der Waals surface area contributed by atoms with Gasteiger partial charge in [-0.25, -0.2) is 13.6 Å². The van der Waals surface area contributed by atoms with Gasteiger partial charge in [0.2, 0.25) is 5.91 Å². The molecule has 150 valence electrons. The Balaban J connectivity index is 2.23. The number of likely N-dealkylation sites (tertiary alicyclic amines) is 1. The molecule has 8 heteroatoms. The van der Waals surface area contributed by atoms with E-state index in [0.29, 0.717) is 0 Å². The van der Waals surface area contributed by atoms with Gasteiger partial charge in [-0.2, -0.15) is 0 Å². The highest BCUT2D eigenvalue weighted by Crippen LogP contribution is 2.29. The van der Waals surface area contributed by atoms with E-state index in [0.717, 1.165) is 14.9 Å². The molecule has 5 nitrogen and oxygen atoms in total. The zero-order chi connectivity index (χ0) is 20.4. The summed E-state index contributed by atoms with van der Waals surface area (Å²) in [7, 11) is 0. The maximum atomic E-state index is 13.6. The van der Waals surface area contributed by atoms with Crippen LogP contribution < -0.4 is 5.32 Å². The number of nitrogens with one attached hydrogen (secondary N) is 1. The van der Waals surface area contributed by atoms with Crippen LogP contribution in [0.2, 0.25) is 0 Å². The second-order valence-corrected chi connectivity index (χ2v) is 8.75. The molecule has 1 unspecified atom stereocenters. The fourth-order valence-electron chi connectivity index (χ4n) is 2.91. The van der Waals surface area contributed by atoms with E-state index >= 15 is 0 Å². The summed E-state index contributed by atoms with van der Waals surface area (Å²) in [6, 6.07) is 6.29. The first-order chi connectivity index (χ1) is 12.4. The molecule has 0 aromatic heterocycles. The fourth-order valence-corrected chi connectivity index (χ4v) is 3.18. The highest BCUT2D eigenvalue weighted by Gasteiger charge is 2.43. The highest BCUT2D eigenvalue weighted by atomic mass is 79.9. The van der Waals surface area contributed by atoms with Crippen molar-refractivity contribution in [2.24, 2.45) is 0 Å². The van der Waals surface area contributed by atoms with Gasteiger partial charge in [0.25, 0.3) is 5.92 Å². The van der Waals surface area contributed by atoms with Crippen LogP contribution in [0.25, 0.3) is 0 Å². The average molecular weight is 447 g/mol. The molecule has 2 rings (SSSR count). The Labute approximate surface area is 166 Å². The standard InChI is InChI=1S/C19H25BrF2N2O3/c1-12(13-5-7-14(20)8-6-13)15(23-17(26)27-18(2,3)4)16(25)24-10-9-19(21,22)11-24/h5-8,12,15H,9-11H2,1-4H3,(H,23,26)/t12-,15?/m0/s1. The number of alkyl halides is 2. The van der Waals surface area contributed by atoms with Crippen LogP contribution in [0.15, 0.2) is 28.7 Å². The topological polar surface area (TPSA) is 58.6 Å². The molecule has 1 aliphatic heterocycles. The van der Waals surface area contributed by atoms with Gasteiger partial charge in [-0.15, -0.1) is 0 Å². The molecule has 0 radical (unpaired) electrons. The Morgan fingerprint density at radius 3 is 2.33 bits per heavy atom. The Kier molecular flexibility index (Phi) is 6.50. The van der Waals surface area contributed by atoms with Crippen LogP contribution in [-0.4, -0.2) is 47.6 Å². The Hall–Kier alpha value is -1.70. The lowest BCUT2D eigenvalue weighted by Gasteiger charge is -2.30. The van der Waals surface area contributed by atoms with Crippen molar-refractivity contribution in [1.82, 2.24) is 10.2 Å². The molecule has 1 N–H and O–H groups in total. The van der Waals surface area contributed by atoms with Crippen LogP contribution in [0.1, 0.15) is 45.6 Å². The molecule has 1 aromatic rings. The molecule has 0 saturated carbocycles. The Morgan fingerprint density at radius 1 is 1.26 bits per heavy atom. The van der Waals surface area contributed by atoms with E-state index in [1.54, 1.807) is 27.7 Å². The minimum absolute atomic E-state index is 0.0363. The van der Waals surface area contributed by atoms with Gasteiger partial charge in [0.1, 0.15) is 11.6 Å². The summed E-state index contributed by atoms with van der Waals surface area (Å²) in [5.74, 6) is -3.85. The Morgan fingerprint density at radius 2 is 1.85 bits per heavy atom. The smallest absolute Gasteiger partial charge is 0.408 e. The Bertz CT molecular complexity index is 689. The van der Waals surface area contributed by atoms with Gasteiger partial charge in [0, 0.05) is 23.4 Å². The van der Waals surface area contributed by atoms with E-state index in [1.807, 2.05) is 24.3 Å². The van der Waals surface area contributed by atoms with Crippen LogP contribution in [0.5, 0.6) is 0 Å². The van der Waals surface area contributed by atoms with Gasteiger partial charge < -0.3 is 15.0 Å². The minimum atomic E-state index is -2.90. The third-order valence-corrected chi connectivity index (χ3v) is 4.84. The monoisotopic (exact) mass is 446 g/mol. The normalized spacial score (nSPS) is 18.7. The molecule has 1 aromatic carbocycles. The van der Waals surface area contributed by atoms with E-state index < -0.39 is 42.0 Å². The first kappa shape index (κ1) is 21.6. The molecule has 2 amide bonds. The molecule has 1 saturated heterocycles. The summed E-state index contributed by atoms with van der Waals surface area (Å²) in [6.07, 6.45) is -1.12. The van der Waals surface area contributed by atoms with Crippen LogP contribution in [0, 0.1) is 0 Å². The van der Waals surface area contributed by atoms with E-state index in [-0.39, 0.29) is 13.0 Å². The molecule has 0 bridgehead atoms. The number of alkyl carbamates (subject to hydrolysis) is 1. The van der Waals surface area contributed by atoms with E-state index in [2.05, 4.69) is 21.2 Å². The molecule has 1 fully saturated rings. The maximum absolute atomic E-state index is 13.6. The van der Waals surface area contributed by atoms with Gasteiger partial charge in [0.05, 0.1) is 6.54 Å². The van der Waals surface area contributed by atoms with Gasteiger partial charge in [-0.05, 0) is 38.5 Å². The van der Waals surface area contributed by atoms with Crippen molar-refractivity contribution in [3.05, 3.63) is 34.3 Å². The van der Waals surface area contributed by atoms with Crippen molar-refractivity contribution in [3.8, 4) is 0 Å². The first-order valence-electron chi connectivity index (χ1n) is 8.79. The quantitative estimate of drug-likeness (QED) is 0.749. The number of carbonyl (C=O) groups is 2. The van der Waals surface area contributed by atoms with Crippen molar-refractivity contribution in [1.29, 1.82) is 0 Å². The highest BCUT2D eigenvalue weighted by molar-refractivity contribution is 9.10.